The highest BCUT2D eigenvalue weighted by atomic mass is 79.9. The molecule has 1 rings (SSSR count). The fourth-order valence-corrected chi connectivity index (χ4v) is 2.65. The summed E-state index contributed by atoms with van der Waals surface area (Å²) in [6.07, 6.45) is 1.60. The van der Waals surface area contributed by atoms with Crippen LogP contribution in [0.2, 0.25) is 0 Å². The van der Waals surface area contributed by atoms with Crippen LogP contribution < -0.4 is 10.9 Å². The smallest absolute Gasteiger partial charge is 0.261 e. The van der Waals surface area contributed by atoms with Gasteiger partial charge in [0.05, 0.1) is 0 Å². The van der Waals surface area contributed by atoms with Gasteiger partial charge in [0.15, 0.2) is 0 Å². The minimum Gasteiger partial charge on any atom is -0.349 e. The summed E-state index contributed by atoms with van der Waals surface area (Å²) >= 11 is 3.37. The quantitative estimate of drug-likeness (QED) is 0.872. The fraction of sp³-hybridized carbons (Fsp3) is 0.571. The Balaban J connectivity index is 2.89. The van der Waals surface area contributed by atoms with Crippen molar-refractivity contribution in [1.29, 1.82) is 0 Å². The van der Waals surface area contributed by atoms with Crippen molar-refractivity contribution in [3.63, 3.8) is 0 Å². The Morgan fingerprint density at radius 1 is 1.42 bits per heavy atom. The summed E-state index contributed by atoms with van der Waals surface area (Å²) in [7, 11) is 0. The first kappa shape index (κ1) is 16.0. The largest absolute Gasteiger partial charge is 0.349 e. The van der Waals surface area contributed by atoms with Crippen molar-refractivity contribution in [2.45, 2.75) is 46.6 Å². The monoisotopic (exact) mass is 328 g/mol. The maximum absolute atomic E-state index is 12.1. The molecule has 0 spiro atoms. The van der Waals surface area contributed by atoms with Gasteiger partial charge in [-0.25, -0.2) is 0 Å². The van der Waals surface area contributed by atoms with Crippen molar-refractivity contribution < 1.29 is 4.79 Å². The molecule has 2 N–H and O–H groups in total. The summed E-state index contributed by atoms with van der Waals surface area (Å²) in [5, 5.41) is 2.85. The van der Waals surface area contributed by atoms with Crippen LogP contribution in [0.4, 0.5) is 0 Å². The van der Waals surface area contributed by atoms with Gasteiger partial charge in [-0.1, -0.05) is 20.8 Å². The first-order valence-electron chi connectivity index (χ1n) is 6.57. The molecule has 0 unspecified atom stereocenters. The van der Waals surface area contributed by atoms with Gasteiger partial charge in [-0.2, -0.15) is 0 Å². The predicted octanol–water partition coefficient (Wildman–Crippen LogP) is 2.86. The number of rotatable bonds is 5. The molecule has 1 amide bonds. The maximum atomic E-state index is 12.1. The Morgan fingerprint density at radius 3 is 2.58 bits per heavy atom. The molecule has 0 aromatic carbocycles. The van der Waals surface area contributed by atoms with E-state index in [1.807, 2.05) is 13.8 Å². The number of pyridine rings is 1. The minimum atomic E-state index is -0.339. The van der Waals surface area contributed by atoms with Gasteiger partial charge in [-0.05, 0) is 47.7 Å². The minimum absolute atomic E-state index is 0.0523. The number of aromatic amines is 1. The van der Waals surface area contributed by atoms with E-state index in [-0.39, 0.29) is 23.1 Å². The Hall–Kier alpha value is -1.10. The number of nitrogens with one attached hydrogen (secondary N) is 2. The number of hydrogen-bond acceptors (Lipinski definition) is 2. The molecule has 4 nitrogen and oxygen atoms in total. The van der Waals surface area contributed by atoms with Crippen LogP contribution in [0, 0.1) is 5.92 Å². The van der Waals surface area contributed by atoms with Crippen LogP contribution >= 0.6 is 15.9 Å². The third-order valence-electron chi connectivity index (χ3n) is 2.87. The van der Waals surface area contributed by atoms with Crippen molar-refractivity contribution >= 4 is 21.8 Å². The van der Waals surface area contributed by atoms with E-state index in [9.17, 15) is 9.59 Å². The predicted molar refractivity (Wildman–Crippen MR) is 80.5 cm³/mol. The molecule has 0 aliphatic carbocycles. The van der Waals surface area contributed by atoms with Gasteiger partial charge in [0.2, 0.25) is 0 Å². The number of H-pyrrole nitrogens is 1. The van der Waals surface area contributed by atoms with E-state index in [0.717, 1.165) is 16.6 Å². The van der Waals surface area contributed by atoms with Gasteiger partial charge < -0.3 is 10.3 Å². The standard InChI is InChI=1S/C14H21BrN2O2/c1-5-12-11(15)7-10(14(19)17-12)13(18)16-9(4)6-8(2)3/h7-9H,5-6H2,1-4H3,(H,16,18)(H,17,19)/t9-/m1/s1. The molecule has 5 heteroatoms. The zero-order valence-electron chi connectivity index (χ0n) is 11.8. The second-order valence-corrected chi connectivity index (χ2v) is 6.05. The highest BCUT2D eigenvalue weighted by Gasteiger charge is 2.15. The zero-order valence-corrected chi connectivity index (χ0v) is 13.4. The average molecular weight is 329 g/mol. The third-order valence-corrected chi connectivity index (χ3v) is 3.58. The topological polar surface area (TPSA) is 62.0 Å². The Morgan fingerprint density at radius 2 is 2.05 bits per heavy atom. The average Bonchev–Trinajstić information content (AvgIpc) is 2.30. The lowest BCUT2D eigenvalue weighted by atomic mass is 10.0. The van der Waals surface area contributed by atoms with Crippen molar-refractivity contribution in [1.82, 2.24) is 10.3 Å². The van der Waals surface area contributed by atoms with Gasteiger partial charge in [0, 0.05) is 16.2 Å². The fourth-order valence-electron chi connectivity index (χ4n) is 2.04. The maximum Gasteiger partial charge on any atom is 0.261 e. The van der Waals surface area contributed by atoms with Crippen LogP contribution in [0.5, 0.6) is 0 Å². The molecule has 0 aliphatic rings. The molecule has 19 heavy (non-hydrogen) atoms. The summed E-state index contributed by atoms with van der Waals surface area (Å²) in [4.78, 5) is 26.6. The molecular formula is C14H21BrN2O2. The number of aromatic nitrogens is 1. The molecule has 1 heterocycles. The number of carbonyl (C=O) groups is 1. The summed E-state index contributed by atoms with van der Waals surface area (Å²) in [5.41, 5.74) is 0.616. The molecule has 106 valence electrons. The summed E-state index contributed by atoms with van der Waals surface area (Å²) in [6, 6.07) is 1.64. The van der Waals surface area contributed by atoms with E-state index in [0.29, 0.717) is 12.3 Å². The summed E-state index contributed by atoms with van der Waals surface area (Å²) < 4.78 is 0.760. The van der Waals surface area contributed by atoms with Gasteiger partial charge in [0.1, 0.15) is 5.56 Å². The van der Waals surface area contributed by atoms with E-state index < -0.39 is 0 Å². The van der Waals surface area contributed by atoms with Gasteiger partial charge >= 0.3 is 0 Å². The molecule has 0 saturated heterocycles. The van der Waals surface area contributed by atoms with Crippen LogP contribution in [0.15, 0.2) is 15.3 Å². The van der Waals surface area contributed by atoms with E-state index in [1.54, 1.807) is 6.07 Å². The van der Waals surface area contributed by atoms with Gasteiger partial charge in [-0.3, -0.25) is 9.59 Å². The number of amides is 1. The van der Waals surface area contributed by atoms with E-state index >= 15 is 0 Å². The van der Waals surface area contributed by atoms with E-state index in [2.05, 4.69) is 40.1 Å². The molecule has 0 fully saturated rings. The van der Waals surface area contributed by atoms with Crippen LogP contribution in [-0.2, 0) is 6.42 Å². The number of carbonyl (C=O) groups excluding carboxylic acids is 1. The van der Waals surface area contributed by atoms with Crippen molar-refractivity contribution in [3.8, 4) is 0 Å². The number of aryl methyl sites for hydroxylation is 1. The highest BCUT2D eigenvalue weighted by molar-refractivity contribution is 9.10. The Kier molecular flexibility index (Phi) is 5.79. The molecule has 1 atom stereocenters. The number of halogens is 1. The zero-order chi connectivity index (χ0) is 14.6. The third kappa shape index (κ3) is 4.49. The molecule has 0 saturated carbocycles. The molecule has 0 radical (unpaired) electrons. The van der Waals surface area contributed by atoms with Crippen LogP contribution in [0.25, 0.3) is 0 Å². The second-order valence-electron chi connectivity index (χ2n) is 5.20. The molecule has 1 aromatic heterocycles. The van der Waals surface area contributed by atoms with E-state index in [4.69, 9.17) is 0 Å². The lowest BCUT2D eigenvalue weighted by Gasteiger charge is -2.16. The van der Waals surface area contributed by atoms with Gasteiger partial charge in [-0.15, -0.1) is 0 Å². The Bertz CT molecular complexity index is 509. The van der Waals surface area contributed by atoms with Crippen molar-refractivity contribution in [3.05, 3.63) is 32.2 Å². The lowest BCUT2D eigenvalue weighted by molar-refractivity contribution is 0.0934. The molecule has 1 aromatic rings. The van der Waals surface area contributed by atoms with Crippen LogP contribution in [-0.4, -0.2) is 16.9 Å². The van der Waals surface area contributed by atoms with Crippen molar-refractivity contribution in [2.75, 3.05) is 0 Å². The lowest BCUT2D eigenvalue weighted by Crippen LogP contribution is -2.36. The van der Waals surface area contributed by atoms with Crippen LogP contribution in [0.1, 0.15) is 50.2 Å². The van der Waals surface area contributed by atoms with Crippen molar-refractivity contribution in [2.24, 2.45) is 5.92 Å². The van der Waals surface area contributed by atoms with Crippen LogP contribution in [0.3, 0.4) is 0 Å². The highest BCUT2D eigenvalue weighted by Crippen LogP contribution is 2.14. The van der Waals surface area contributed by atoms with Gasteiger partial charge in [0.25, 0.3) is 11.5 Å². The Labute approximate surface area is 122 Å². The SMILES string of the molecule is CCc1[nH]c(=O)c(C(=O)N[C@H](C)CC(C)C)cc1Br. The normalized spacial score (nSPS) is 12.5. The molecular weight excluding hydrogens is 308 g/mol. The second kappa shape index (κ2) is 6.89. The summed E-state index contributed by atoms with van der Waals surface area (Å²) in [6.45, 7) is 8.09. The molecule has 0 aliphatic heterocycles. The first-order valence-corrected chi connectivity index (χ1v) is 7.37. The van der Waals surface area contributed by atoms with E-state index in [1.165, 1.54) is 0 Å². The first-order chi connectivity index (χ1) is 8.85. The summed E-state index contributed by atoms with van der Waals surface area (Å²) in [5.74, 6) is 0.181. The molecule has 0 bridgehead atoms. The number of hydrogen-bond donors (Lipinski definition) is 2.